The molecule has 3 aliphatic carbocycles. The second-order valence-corrected chi connectivity index (χ2v) is 26.2. The highest BCUT2D eigenvalue weighted by Gasteiger charge is 2.45. The summed E-state index contributed by atoms with van der Waals surface area (Å²) in [7, 11) is -1.32. The van der Waals surface area contributed by atoms with Gasteiger partial charge in [-0.05, 0) is 186 Å². The molecule has 0 saturated carbocycles. The van der Waals surface area contributed by atoms with Gasteiger partial charge in [-0.1, -0.05) is 216 Å². The maximum atomic E-state index is 2.65. The van der Waals surface area contributed by atoms with Gasteiger partial charge in [0.2, 0.25) is 0 Å². The molecule has 1 heterocycles. The first kappa shape index (κ1) is 42.9. The Kier molecular flexibility index (Phi) is 8.92. The normalized spacial score (nSPS) is 18.4. The summed E-state index contributed by atoms with van der Waals surface area (Å²) in [6, 6.07) is 75.2. The molecule has 11 aromatic rings. The van der Waals surface area contributed by atoms with Crippen LogP contribution in [0.15, 0.2) is 228 Å². The van der Waals surface area contributed by atoms with Gasteiger partial charge >= 0.3 is 0 Å². The number of benzene rings is 11. The Morgan fingerprint density at radius 1 is 0.342 bits per heavy atom. The maximum absolute atomic E-state index is 2.65. The molecule has 0 radical (unpaired) electrons. The molecule has 1 heteroatoms. The largest absolute Gasteiger partial charge is 0.192 e. The minimum Gasteiger partial charge on any atom is -0.192 e. The molecule has 2 atom stereocenters. The van der Waals surface area contributed by atoms with Crippen LogP contribution in [-0.4, -0.2) is 12.5 Å². The van der Waals surface area contributed by atoms with Crippen LogP contribution in [0.25, 0.3) is 110 Å². The summed E-state index contributed by atoms with van der Waals surface area (Å²) in [5.74, 6) is 0.806. The van der Waals surface area contributed by atoms with Crippen LogP contribution in [0.1, 0.15) is 55.9 Å². The van der Waals surface area contributed by atoms with E-state index in [1.54, 1.807) is 0 Å². The third kappa shape index (κ3) is 5.86. The average molecular weight is 953 g/mol. The molecule has 11 aromatic carbocycles. The van der Waals surface area contributed by atoms with Crippen LogP contribution in [0.3, 0.4) is 0 Å². The molecule has 0 spiro atoms. The summed E-state index contributed by atoms with van der Waals surface area (Å²) in [6.07, 6.45) is 14.4. The quantitative estimate of drug-likeness (QED) is 0.154. The zero-order valence-electron chi connectivity index (χ0n) is 42.3. The topological polar surface area (TPSA) is 0 Å². The predicted molar refractivity (Wildman–Crippen MR) is 315 cm³/mol. The lowest BCUT2D eigenvalue weighted by Gasteiger charge is -2.30. The van der Waals surface area contributed by atoms with Crippen molar-refractivity contribution in [2.45, 2.75) is 54.2 Å². The maximum Gasteiger partial charge on any atom is 0.0159 e. The van der Waals surface area contributed by atoms with Gasteiger partial charge < -0.3 is 0 Å². The molecule has 350 valence electrons. The Morgan fingerprint density at radius 2 is 0.849 bits per heavy atom. The zero-order chi connectivity index (χ0) is 49.1. The predicted octanol–water partition coefficient (Wildman–Crippen LogP) is 19.9. The van der Waals surface area contributed by atoms with Crippen molar-refractivity contribution in [2.24, 2.45) is 5.92 Å². The molecule has 1 aliphatic heterocycles. The van der Waals surface area contributed by atoms with E-state index in [9.17, 15) is 0 Å². The van der Waals surface area contributed by atoms with Crippen molar-refractivity contribution in [3.63, 3.8) is 0 Å². The van der Waals surface area contributed by atoms with Gasteiger partial charge in [0.25, 0.3) is 0 Å². The van der Waals surface area contributed by atoms with E-state index < -0.39 is 10.0 Å². The van der Waals surface area contributed by atoms with Gasteiger partial charge in [-0.3, -0.25) is 0 Å². The first-order valence-electron chi connectivity index (χ1n) is 26.1. The van der Waals surface area contributed by atoms with Crippen LogP contribution >= 0.6 is 10.0 Å². The van der Waals surface area contributed by atoms with Crippen molar-refractivity contribution >= 4 is 53.1 Å². The van der Waals surface area contributed by atoms with Gasteiger partial charge in [0, 0.05) is 21.1 Å². The van der Waals surface area contributed by atoms with Crippen LogP contribution in [0.2, 0.25) is 0 Å². The monoisotopic (exact) mass is 952 g/mol. The molecule has 0 bridgehead atoms. The molecular formula is C72H56S. The van der Waals surface area contributed by atoms with E-state index in [1.165, 1.54) is 142 Å². The Bertz CT molecular complexity index is 4230. The molecule has 4 aliphatic rings. The first-order chi connectivity index (χ1) is 35.5. The van der Waals surface area contributed by atoms with Gasteiger partial charge in [0.05, 0.1) is 0 Å². The minimum absolute atomic E-state index is 0.0316. The van der Waals surface area contributed by atoms with Gasteiger partial charge in [0.1, 0.15) is 0 Å². The molecule has 15 rings (SSSR count). The molecule has 0 N–H and O–H groups in total. The van der Waals surface area contributed by atoms with Crippen molar-refractivity contribution in [1.29, 1.82) is 0 Å². The van der Waals surface area contributed by atoms with E-state index in [0.29, 0.717) is 11.8 Å². The number of fused-ring (bicyclic) bond motifs is 13. The number of rotatable bonds is 4. The summed E-state index contributed by atoms with van der Waals surface area (Å²) >= 11 is 0. The fraction of sp³-hybridized carbons (Fsp3) is 0.139. The summed E-state index contributed by atoms with van der Waals surface area (Å²) < 4.78 is 0. The van der Waals surface area contributed by atoms with Crippen LogP contribution in [-0.2, 0) is 10.8 Å². The lowest BCUT2D eigenvalue weighted by molar-refractivity contribution is 0.394. The summed E-state index contributed by atoms with van der Waals surface area (Å²) in [4.78, 5) is 2.96. The zero-order valence-corrected chi connectivity index (χ0v) is 43.2. The van der Waals surface area contributed by atoms with Crippen molar-refractivity contribution in [3.05, 3.63) is 241 Å². The van der Waals surface area contributed by atoms with E-state index in [1.807, 2.05) is 0 Å². The summed E-state index contributed by atoms with van der Waals surface area (Å²) in [6.45, 7) is 9.77. The second-order valence-electron chi connectivity index (χ2n) is 22.7. The van der Waals surface area contributed by atoms with Crippen molar-refractivity contribution in [1.82, 2.24) is 0 Å². The van der Waals surface area contributed by atoms with E-state index in [2.05, 4.69) is 259 Å². The van der Waals surface area contributed by atoms with E-state index in [0.717, 1.165) is 0 Å². The third-order valence-corrected chi connectivity index (χ3v) is 20.9. The summed E-state index contributed by atoms with van der Waals surface area (Å²) in [5, 5.41) is 10.3. The van der Waals surface area contributed by atoms with Gasteiger partial charge in [-0.15, -0.1) is 0 Å². The lowest BCUT2D eigenvalue weighted by atomic mass is 9.74. The third-order valence-electron chi connectivity index (χ3n) is 18.0. The summed E-state index contributed by atoms with van der Waals surface area (Å²) in [5.41, 5.74) is 21.3. The van der Waals surface area contributed by atoms with Crippen LogP contribution < -0.4 is 0 Å². The van der Waals surface area contributed by atoms with E-state index >= 15 is 0 Å². The number of allylic oxidation sites excluding steroid dienone is 4. The van der Waals surface area contributed by atoms with Crippen LogP contribution in [0.5, 0.6) is 0 Å². The molecule has 0 amide bonds. The fourth-order valence-electron chi connectivity index (χ4n) is 14.5. The van der Waals surface area contributed by atoms with E-state index in [4.69, 9.17) is 0 Å². The van der Waals surface area contributed by atoms with Gasteiger partial charge in [-0.2, -0.15) is 10.0 Å². The SMILES string of the molecule is CC1(C)c2ccccc2-c2ccc(-c3c4ccc(-c5c6ccccc6c(-c6ccccc6)c6ccccc56)cc4c(-c4ccc5c(c4)C(C)(C)C4C=CC=CC54)c4cc5c(cc34)-c3ccccc3S5(C)C)cc21. The van der Waals surface area contributed by atoms with Crippen molar-refractivity contribution in [2.75, 3.05) is 12.5 Å². The number of hydrogen-bond acceptors (Lipinski definition) is 0. The van der Waals surface area contributed by atoms with Crippen molar-refractivity contribution < 1.29 is 0 Å². The lowest BCUT2D eigenvalue weighted by Crippen LogP contribution is -2.24. The fourth-order valence-corrected chi connectivity index (χ4v) is 17.0. The molecule has 73 heavy (non-hydrogen) atoms. The average Bonchev–Trinajstić information content (AvgIpc) is 3.90. The number of hydrogen-bond donors (Lipinski definition) is 0. The Morgan fingerprint density at radius 3 is 1.59 bits per heavy atom. The standard InChI is InChI=1S/C72H56S/c1-71(2)61-29-17-14-22-47(61)49-35-32-45(39-63(49)71)69-56-37-34-44(68-54-27-12-10-25-52(54)67(43-20-8-7-9-21-43)53-26-11-13-28-55(53)68)38-58(56)70(46-33-36-50-48-23-15-18-30-62(48)72(3,4)64(50)40-46)60-42-66-57(41-59(60)69)51-24-16-19-31-65(51)73(66,5)6/h7-42,48,62H,1-6H3. The molecular weight excluding hydrogens is 897 g/mol. The first-order valence-corrected chi connectivity index (χ1v) is 28.6. The van der Waals surface area contributed by atoms with Crippen LogP contribution in [0, 0.1) is 5.92 Å². The van der Waals surface area contributed by atoms with Crippen LogP contribution in [0.4, 0.5) is 0 Å². The smallest absolute Gasteiger partial charge is 0.0159 e. The Balaban J connectivity index is 1.09. The second kappa shape index (κ2) is 15.2. The molecule has 0 saturated heterocycles. The molecule has 0 aromatic heterocycles. The van der Waals surface area contributed by atoms with Crippen molar-refractivity contribution in [3.8, 4) is 66.8 Å². The Labute approximate surface area is 430 Å². The highest BCUT2D eigenvalue weighted by atomic mass is 32.3. The minimum atomic E-state index is -1.32. The Hall–Kier alpha value is -7.71. The molecule has 2 unspecified atom stereocenters. The van der Waals surface area contributed by atoms with Gasteiger partial charge in [0.15, 0.2) is 0 Å². The highest BCUT2D eigenvalue weighted by molar-refractivity contribution is 8.33. The molecule has 0 nitrogen and oxygen atoms in total. The molecule has 0 fully saturated rings. The highest BCUT2D eigenvalue weighted by Crippen LogP contribution is 2.68. The van der Waals surface area contributed by atoms with E-state index in [-0.39, 0.29) is 10.8 Å². The van der Waals surface area contributed by atoms with Gasteiger partial charge in [-0.25, -0.2) is 0 Å².